The molecule has 104 valence electrons. The van der Waals surface area contributed by atoms with Gasteiger partial charge in [-0.25, -0.2) is 4.99 Å². The smallest absolute Gasteiger partial charge is 0.231 e. The maximum Gasteiger partial charge on any atom is 0.231 e. The number of carbonyl (C=O) groups excluding carboxylic acids is 1. The highest BCUT2D eigenvalue weighted by molar-refractivity contribution is 5.98. The van der Waals surface area contributed by atoms with Crippen LogP contribution in [0, 0.1) is 0 Å². The molecule has 1 aromatic carbocycles. The second-order valence-corrected chi connectivity index (χ2v) is 4.75. The lowest BCUT2D eigenvalue weighted by Gasteiger charge is -2.24. The van der Waals surface area contributed by atoms with Gasteiger partial charge >= 0.3 is 0 Å². The van der Waals surface area contributed by atoms with E-state index in [0.29, 0.717) is 23.0 Å². The average molecular weight is 273 g/mol. The van der Waals surface area contributed by atoms with Crippen molar-refractivity contribution in [3.8, 4) is 11.5 Å². The molecule has 3 rings (SSSR count). The van der Waals surface area contributed by atoms with E-state index < -0.39 is 6.04 Å². The lowest BCUT2D eigenvalue weighted by atomic mass is 9.93. The van der Waals surface area contributed by atoms with Gasteiger partial charge in [-0.3, -0.25) is 4.79 Å². The van der Waals surface area contributed by atoms with E-state index in [4.69, 9.17) is 15.2 Å². The number of nitrogens with one attached hydrogen (secondary N) is 1. The second kappa shape index (κ2) is 4.56. The van der Waals surface area contributed by atoms with Crippen molar-refractivity contribution in [1.82, 2.24) is 5.32 Å². The minimum absolute atomic E-state index is 0.0334. The molecule has 0 bridgehead atoms. The maximum absolute atomic E-state index is 11.9. The van der Waals surface area contributed by atoms with E-state index in [0.717, 1.165) is 11.3 Å². The Morgan fingerprint density at radius 2 is 2.15 bits per heavy atom. The van der Waals surface area contributed by atoms with Crippen molar-refractivity contribution in [3.63, 3.8) is 0 Å². The van der Waals surface area contributed by atoms with Crippen molar-refractivity contribution >= 4 is 11.7 Å². The van der Waals surface area contributed by atoms with Crippen molar-refractivity contribution in [2.75, 3.05) is 6.79 Å². The lowest BCUT2D eigenvalue weighted by Crippen LogP contribution is -2.36. The molecule has 0 radical (unpaired) electrons. The fourth-order valence-electron chi connectivity index (χ4n) is 2.48. The highest BCUT2D eigenvalue weighted by Gasteiger charge is 2.27. The van der Waals surface area contributed by atoms with Crippen molar-refractivity contribution in [2.45, 2.75) is 19.9 Å². The quantitative estimate of drug-likeness (QED) is 0.846. The summed E-state index contributed by atoms with van der Waals surface area (Å²) in [6, 6.07) is 5.11. The topological polar surface area (TPSA) is 85.9 Å². The molecular weight excluding hydrogens is 258 g/mol. The number of ketones is 1. The van der Waals surface area contributed by atoms with E-state index in [-0.39, 0.29) is 12.6 Å². The molecule has 0 amide bonds. The lowest BCUT2D eigenvalue weighted by molar-refractivity contribution is -0.114. The maximum atomic E-state index is 11.9. The number of allylic oxidation sites excluding steroid dienone is 1. The Bertz CT molecular complexity index is 649. The fraction of sp³-hybridized carbons (Fsp3) is 0.286. The summed E-state index contributed by atoms with van der Waals surface area (Å²) in [7, 11) is 0. The van der Waals surface area contributed by atoms with Crippen LogP contribution in [0.15, 0.2) is 34.5 Å². The molecule has 0 aromatic heterocycles. The molecule has 2 aliphatic rings. The molecule has 20 heavy (non-hydrogen) atoms. The van der Waals surface area contributed by atoms with E-state index in [1.807, 2.05) is 25.1 Å². The van der Waals surface area contributed by atoms with Crippen molar-refractivity contribution in [1.29, 1.82) is 0 Å². The number of ether oxygens (including phenoxy) is 2. The zero-order valence-corrected chi connectivity index (χ0v) is 11.3. The molecular formula is C14H15N3O3. The van der Waals surface area contributed by atoms with Crippen LogP contribution in [-0.4, -0.2) is 18.5 Å². The summed E-state index contributed by atoms with van der Waals surface area (Å²) < 4.78 is 10.6. The number of carbonyl (C=O) groups is 1. The van der Waals surface area contributed by atoms with Gasteiger partial charge in [-0.15, -0.1) is 0 Å². The molecule has 3 N–H and O–H groups in total. The first-order valence-electron chi connectivity index (χ1n) is 6.28. The Morgan fingerprint density at radius 3 is 2.90 bits per heavy atom. The second-order valence-electron chi connectivity index (χ2n) is 4.75. The Balaban J connectivity index is 2.06. The zero-order chi connectivity index (χ0) is 14.3. The molecule has 0 fully saturated rings. The third kappa shape index (κ3) is 1.99. The van der Waals surface area contributed by atoms with Crippen LogP contribution in [0.25, 0.3) is 0 Å². The Labute approximate surface area is 116 Å². The highest BCUT2D eigenvalue weighted by atomic mass is 16.7. The molecule has 0 unspecified atom stereocenters. The van der Waals surface area contributed by atoms with Crippen molar-refractivity contribution in [3.05, 3.63) is 35.0 Å². The number of guanidine groups is 1. The van der Waals surface area contributed by atoms with Gasteiger partial charge in [0.2, 0.25) is 6.79 Å². The Morgan fingerprint density at radius 1 is 1.40 bits per heavy atom. The number of benzene rings is 1. The van der Waals surface area contributed by atoms with Gasteiger partial charge in [-0.05, 0) is 31.5 Å². The van der Waals surface area contributed by atoms with E-state index in [1.165, 1.54) is 6.92 Å². The van der Waals surface area contributed by atoms with Gasteiger partial charge in [0.1, 0.15) is 6.04 Å². The summed E-state index contributed by atoms with van der Waals surface area (Å²) in [6.45, 7) is 3.56. The molecule has 2 heterocycles. The van der Waals surface area contributed by atoms with Crippen LogP contribution in [-0.2, 0) is 4.79 Å². The van der Waals surface area contributed by atoms with Gasteiger partial charge in [0.25, 0.3) is 0 Å². The zero-order valence-electron chi connectivity index (χ0n) is 11.3. The average Bonchev–Trinajstić information content (AvgIpc) is 2.84. The molecule has 1 atom stereocenters. The monoisotopic (exact) mass is 273 g/mol. The van der Waals surface area contributed by atoms with Gasteiger partial charge in [0.05, 0.1) is 0 Å². The first kappa shape index (κ1) is 12.5. The summed E-state index contributed by atoms with van der Waals surface area (Å²) in [5, 5.41) is 2.89. The molecule has 1 aromatic rings. The van der Waals surface area contributed by atoms with Crippen LogP contribution < -0.4 is 20.5 Å². The van der Waals surface area contributed by atoms with Crippen LogP contribution in [0.2, 0.25) is 0 Å². The molecule has 2 aliphatic heterocycles. The Hall–Kier alpha value is -2.50. The first-order valence-corrected chi connectivity index (χ1v) is 6.28. The SMILES string of the molecule is CC(=O)C1=C(C)NC(N)=N[C@H]1c1ccc2c(c1)OCO2. The molecule has 0 saturated carbocycles. The van der Waals surface area contributed by atoms with E-state index in [2.05, 4.69) is 10.3 Å². The molecule has 0 spiro atoms. The van der Waals surface area contributed by atoms with Gasteiger partial charge in [0, 0.05) is 11.3 Å². The van der Waals surface area contributed by atoms with Crippen molar-refractivity contribution < 1.29 is 14.3 Å². The van der Waals surface area contributed by atoms with Crippen molar-refractivity contribution in [2.24, 2.45) is 10.7 Å². The number of nitrogens with zero attached hydrogens (tertiary/aromatic N) is 1. The van der Waals surface area contributed by atoms with Crippen LogP contribution >= 0.6 is 0 Å². The predicted molar refractivity (Wildman–Crippen MR) is 73.4 cm³/mol. The largest absolute Gasteiger partial charge is 0.454 e. The predicted octanol–water partition coefficient (Wildman–Crippen LogP) is 1.24. The minimum atomic E-state index is -0.414. The van der Waals surface area contributed by atoms with E-state index in [1.54, 1.807) is 0 Å². The van der Waals surface area contributed by atoms with Crippen LogP contribution in [0.1, 0.15) is 25.5 Å². The number of hydrogen-bond acceptors (Lipinski definition) is 6. The Kier molecular flexibility index (Phi) is 2.85. The third-order valence-electron chi connectivity index (χ3n) is 3.35. The standard InChI is InChI=1S/C14H15N3O3/c1-7-12(8(2)18)13(17-14(15)16-7)9-3-4-10-11(5-9)20-6-19-10/h3-5,13H,6H2,1-2H3,(H3,15,16,17)/t13-/m0/s1. The van der Waals surface area contributed by atoms with E-state index >= 15 is 0 Å². The summed E-state index contributed by atoms with van der Waals surface area (Å²) in [6.07, 6.45) is 0. The molecule has 0 aliphatic carbocycles. The number of rotatable bonds is 2. The number of nitrogens with two attached hydrogens (primary N) is 1. The molecule has 6 heteroatoms. The minimum Gasteiger partial charge on any atom is -0.454 e. The molecule has 6 nitrogen and oxygen atoms in total. The van der Waals surface area contributed by atoms with Crippen LogP contribution in [0.3, 0.4) is 0 Å². The summed E-state index contributed by atoms with van der Waals surface area (Å²) >= 11 is 0. The van der Waals surface area contributed by atoms with Crippen LogP contribution in [0.4, 0.5) is 0 Å². The van der Waals surface area contributed by atoms with Gasteiger partial charge in [-0.2, -0.15) is 0 Å². The number of aliphatic imine (C=N–C) groups is 1. The fourth-order valence-corrected chi connectivity index (χ4v) is 2.48. The van der Waals surface area contributed by atoms with E-state index in [9.17, 15) is 4.79 Å². The van der Waals surface area contributed by atoms with Gasteiger partial charge in [0.15, 0.2) is 23.2 Å². The summed E-state index contributed by atoms with van der Waals surface area (Å²) in [4.78, 5) is 16.2. The number of hydrogen-bond donors (Lipinski definition) is 2. The number of fused-ring (bicyclic) bond motifs is 1. The third-order valence-corrected chi connectivity index (χ3v) is 3.35. The van der Waals surface area contributed by atoms with Crippen LogP contribution in [0.5, 0.6) is 11.5 Å². The normalized spacial score (nSPS) is 20.5. The summed E-state index contributed by atoms with van der Waals surface area (Å²) in [5.74, 6) is 1.63. The van der Waals surface area contributed by atoms with Gasteiger partial charge < -0.3 is 20.5 Å². The number of Topliss-reactive ketones (excluding diaryl/α,β-unsaturated/α-hetero) is 1. The van der Waals surface area contributed by atoms with Gasteiger partial charge in [-0.1, -0.05) is 6.07 Å². The summed E-state index contributed by atoms with van der Waals surface area (Å²) in [5.41, 5.74) is 7.95. The first-order chi connectivity index (χ1) is 9.56. The highest BCUT2D eigenvalue weighted by Crippen LogP contribution is 2.38. The molecule has 0 saturated heterocycles.